The van der Waals surface area contributed by atoms with Crippen molar-refractivity contribution in [2.45, 2.75) is 39.2 Å². The summed E-state index contributed by atoms with van der Waals surface area (Å²) in [6.45, 7) is 3.69. The zero-order chi connectivity index (χ0) is 21.8. The minimum absolute atomic E-state index is 0.0430. The van der Waals surface area contributed by atoms with Crippen molar-refractivity contribution < 1.29 is 23.9 Å². The largest absolute Gasteiger partial charge is 0.469 e. The van der Waals surface area contributed by atoms with E-state index < -0.39 is 23.8 Å². The van der Waals surface area contributed by atoms with E-state index in [2.05, 4.69) is 20.7 Å². The van der Waals surface area contributed by atoms with Crippen LogP contribution in [0.3, 0.4) is 0 Å². The maximum atomic E-state index is 12.6. The van der Waals surface area contributed by atoms with Crippen molar-refractivity contribution in [1.29, 1.82) is 5.26 Å². The molecule has 9 heteroatoms. The van der Waals surface area contributed by atoms with Gasteiger partial charge in [0.05, 0.1) is 19.6 Å². The fourth-order valence-corrected chi connectivity index (χ4v) is 2.47. The van der Waals surface area contributed by atoms with Crippen molar-refractivity contribution in [3.05, 3.63) is 29.8 Å². The number of nitriles is 1. The molecule has 0 unspecified atom stereocenters. The highest BCUT2D eigenvalue weighted by Gasteiger charge is 2.22. The molecule has 0 aliphatic heterocycles. The second-order valence-electron chi connectivity index (χ2n) is 6.74. The van der Waals surface area contributed by atoms with Gasteiger partial charge in [0.1, 0.15) is 12.6 Å². The molecule has 0 bridgehead atoms. The van der Waals surface area contributed by atoms with Crippen LogP contribution in [0, 0.1) is 17.2 Å². The van der Waals surface area contributed by atoms with Gasteiger partial charge in [-0.15, -0.1) is 0 Å². The van der Waals surface area contributed by atoms with E-state index in [1.165, 1.54) is 13.2 Å². The molecule has 0 fully saturated rings. The van der Waals surface area contributed by atoms with E-state index in [-0.39, 0.29) is 36.8 Å². The Bertz CT molecular complexity index is 785. The summed E-state index contributed by atoms with van der Waals surface area (Å²) in [6.07, 6.45) is 0.322. The number of carbonyl (C=O) groups excluding carboxylic acids is 4. The maximum Gasteiger partial charge on any atom is 0.306 e. The average Bonchev–Trinajstić information content (AvgIpc) is 2.69. The monoisotopic (exact) mass is 402 g/mol. The van der Waals surface area contributed by atoms with E-state index >= 15 is 0 Å². The summed E-state index contributed by atoms with van der Waals surface area (Å²) in [5.74, 6) is -1.64. The normalized spacial score (nSPS) is 11.1. The van der Waals surface area contributed by atoms with E-state index in [9.17, 15) is 19.2 Å². The number of esters is 1. The van der Waals surface area contributed by atoms with Crippen LogP contribution in [-0.4, -0.2) is 43.4 Å². The number of amides is 3. The van der Waals surface area contributed by atoms with Gasteiger partial charge in [0.15, 0.2) is 0 Å². The number of hydrogen-bond acceptors (Lipinski definition) is 6. The van der Waals surface area contributed by atoms with Crippen molar-refractivity contribution in [1.82, 2.24) is 10.6 Å². The first-order chi connectivity index (χ1) is 13.8. The number of hydrogen-bond donors (Lipinski definition) is 3. The minimum Gasteiger partial charge on any atom is -0.469 e. The molecular weight excluding hydrogens is 376 g/mol. The van der Waals surface area contributed by atoms with E-state index in [0.29, 0.717) is 12.1 Å². The fourth-order valence-electron chi connectivity index (χ4n) is 2.47. The Morgan fingerprint density at radius 2 is 1.90 bits per heavy atom. The van der Waals surface area contributed by atoms with Gasteiger partial charge in [-0.05, 0) is 30.5 Å². The first-order valence-corrected chi connectivity index (χ1v) is 9.19. The molecule has 9 nitrogen and oxygen atoms in total. The third kappa shape index (κ3) is 8.88. The smallest absolute Gasteiger partial charge is 0.306 e. The van der Waals surface area contributed by atoms with Crippen LogP contribution in [0.1, 0.15) is 43.5 Å². The zero-order valence-corrected chi connectivity index (χ0v) is 16.8. The number of anilines is 1. The van der Waals surface area contributed by atoms with Gasteiger partial charge in [-0.2, -0.15) is 5.26 Å². The molecule has 0 heterocycles. The van der Waals surface area contributed by atoms with E-state index in [0.717, 1.165) is 0 Å². The molecule has 0 spiro atoms. The third-order valence-corrected chi connectivity index (χ3v) is 3.86. The molecule has 0 saturated carbocycles. The Morgan fingerprint density at radius 1 is 1.17 bits per heavy atom. The lowest BCUT2D eigenvalue weighted by molar-refractivity contribution is -0.141. The number of methoxy groups -OCH3 is 1. The lowest BCUT2D eigenvalue weighted by atomic mass is 10.0. The zero-order valence-electron chi connectivity index (χ0n) is 16.8. The van der Waals surface area contributed by atoms with Crippen molar-refractivity contribution in [2.24, 2.45) is 5.92 Å². The van der Waals surface area contributed by atoms with Crippen molar-refractivity contribution in [3.8, 4) is 6.07 Å². The first kappa shape index (κ1) is 23.6. The Balaban J connectivity index is 2.78. The Morgan fingerprint density at radius 3 is 2.52 bits per heavy atom. The average molecular weight is 402 g/mol. The van der Waals surface area contributed by atoms with E-state index in [4.69, 9.17) is 5.26 Å². The summed E-state index contributed by atoms with van der Waals surface area (Å²) >= 11 is 0. The van der Waals surface area contributed by atoms with Gasteiger partial charge >= 0.3 is 5.97 Å². The fraction of sp³-hybridized carbons (Fsp3) is 0.450. The molecule has 0 aliphatic carbocycles. The lowest BCUT2D eigenvalue weighted by Crippen LogP contribution is -2.47. The van der Waals surface area contributed by atoms with Crippen LogP contribution in [0.2, 0.25) is 0 Å². The molecule has 0 radical (unpaired) electrons. The van der Waals surface area contributed by atoms with Crippen molar-refractivity contribution in [2.75, 3.05) is 19.0 Å². The molecule has 1 aromatic carbocycles. The van der Waals surface area contributed by atoms with E-state index in [1.807, 2.05) is 19.9 Å². The molecule has 1 atom stereocenters. The van der Waals surface area contributed by atoms with Crippen LogP contribution in [-0.2, 0) is 19.1 Å². The molecule has 0 saturated heterocycles. The molecule has 3 amide bonds. The summed E-state index contributed by atoms with van der Waals surface area (Å²) in [6, 6.07) is 7.28. The molecule has 29 heavy (non-hydrogen) atoms. The molecule has 1 rings (SSSR count). The van der Waals surface area contributed by atoms with Gasteiger partial charge < -0.3 is 20.7 Å². The Labute approximate surface area is 169 Å². The number of rotatable bonds is 10. The SMILES string of the molecule is COC(=O)CCC(=O)Nc1cccc(C(=O)N[C@@H](CC(C)C)C(=O)NCC#N)c1. The lowest BCUT2D eigenvalue weighted by Gasteiger charge is -2.19. The molecular formula is C20H26N4O5. The van der Waals surface area contributed by atoms with Gasteiger partial charge in [-0.25, -0.2) is 0 Å². The molecule has 156 valence electrons. The van der Waals surface area contributed by atoms with Gasteiger partial charge in [-0.1, -0.05) is 19.9 Å². The van der Waals surface area contributed by atoms with Crippen LogP contribution in [0.4, 0.5) is 5.69 Å². The quantitative estimate of drug-likeness (QED) is 0.399. The number of ether oxygens (including phenoxy) is 1. The van der Waals surface area contributed by atoms with Crippen LogP contribution in [0.25, 0.3) is 0 Å². The summed E-state index contributed by atoms with van der Waals surface area (Å²) < 4.78 is 4.49. The van der Waals surface area contributed by atoms with Crippen LogP contribution < -0.4 is 16.0 Å². The molecule has 3 N–H and O–H groups in total. The first-order valence-electron chi connectivity index (χ1n) is 9.19. The highest BCUT2D eigenvalue weighted by atomic mass is 16.5. The predicted octanol–water partition coefficient (Wildman–Crippen LogP) is 1.36. The van der Waals surface area contributed by atoms with Crippen LogP contribution >= 0.6 is 0 Å². The number of carbonyl (C=O) groups is 4. The summed E-state index contributed by atoms with van der Waals surface area (Å²) in [7, 11) is 1.25. The minimum atomic E-state index is -0.783. The van der Waals surface area contributed by atoms with Crippen molar-refractivity contribution in [3.63, 3.8) is 0 Å². The topological polar surface area (TPSA) is 137 Å². The number of benzene rings is 1. The molecule has 1 aromatic rings. The number of nitrogens with zero attached hydrogens (tertiary/aromatic N) is 1. The Kier molecular flexibility index (Phi) is 9.88. The maximum absolute atomic E-state index is 12.6. The predicted molar refractivity (Wildman–Crippen MR) is 106 cm³/mol. The third-order valence-electron chi connectivity index (χ3n) is 3.86. The summed E-state index contributed by atoms with van der Waals surface area (Å²) in [5, 5.41) is 16.3. The Hall–Kier alpha value is -3.41. The molecule has 0 aromatic heterocycles. The van der Waals surface area contributed by atoms with Gasteiger partial charge in [0.25, 0.3) is 5.91 Å². The van der Waals surface area contributed by atoms with Gasteiger partial charge in [-0.3, -0.25) is 19.2 Å². The van der Waals surface area contributed by atoms with Gasteiger partial charge in [0, 0.05) is 17.7 Å². The van der Waals surface area contributed by atoms with Crippen LogP contribution in [0.5, 0.6) is 0 Å². The van der Waals surface area contributed by atoms with E-state index in [1.54, 1.807) is 18.2 Å². The standard InChI is InChI=1S/C20H26N4O5/c1-13(2)11-16(20(28)22-10-9-21)24-19(27)14-5-4-6-15(12-14)23-17(25)7-8-18(26)29-3/h4-6,12-13,16H,7-8,10-11H2,1-3H3,(H,22,28)(H,23,25)(H,24,27)/t16-/m0/s1. The van der Waals surface area contributed by atoms with Crippen molar-refractivity contribution >= 4 is 29.4 Å². The van der Waals surface area contributed by atoms with Gasteiger partial charge in [0.2, 0.25) is 11.8 Å². The second kappa shape index (κ2) is 12.1. The highest BCUT2D eigenvalue weighted by molar-refractivity contribution is 5.99. The van der Waals surface area contributed by atoms with Crippen LogP contribution in [0.15, 0.2) is 24.3 Å². The highest BCUT2D eigenvalue weighted by Crippen LogP contribution is 2.13. The molecule has 0 aliphatic rings. The summed E-state index contributed by atoms with van der Waals surface area (Å²) in [5.41, 5.74) is 0.652. The summed E-state index contributed by atoms with van der Waals surface area (Å²) in [4.78, 5) is 47.8. The number of nitrogens with one attached hydrogen (secondary N) is 3. The second-order valence-corrected chi connectivity index (χ2v) is 6.74.